The molecule has 1 amide bonds. The van der Waals surface area contributed by atoms with E-state index in [-0.39, 0.29) is 30.7 Å². The van der Waals surface area contributed by atoms with Crippen molar-refractivity contribution in [3.8, 4) is 5.75 Å². The number of carbonyl (C=O) groups is 1. The van der Waals surface area contributed by atoms with E-state index in [0.717, 1.165) is 21.3 Å². The van der Waals surface area contributed by atoms with Gasteiger partial charge in [-0.25, -0.2) is 9.79 Å². The molecule has 3 atom stereocenters. The van der Waals surface area contributed by atoms with Gasteiger partial charge in [-0.15, -0.1) is 0 Å². The number of fused-ring (bicyclic) bond motifs is 4. The van der Waals surface area contributed by atoms with Gasteiger partial charge in [0.2, 0.25) is 0 Å². The number of carbonyl (C=O) groups excluding carboxylic acids is 1. The molecular formula is C22H22BrN3O4. The number of amidine groups is 1. The van der Waals surface area contributed by atoms with E-state index in [1.54, 1.807) is 4.90 Å². The van der Waals surface area contributed by atoms with Crippen LogP contribution in [0.25, 0.3) is 0 Å². The van der Waals surface area contributed by atoms with Gasteiger partial charge in [-0.05, 0) is 23.8 Å². The van der Waals surface area contributed by atoms with Crippen molar-refractivity contribution in [3.63, 3.8) is 0 Å². The van der Waals surface area contributed by atoms with Crippen molar-refractivity contribution in [1.82, 2.24) is 4.90 Å². The van der Waals surface area contributed by atoms with Gasteiger partial charge >= 0.3 is 6.09 Å². The maximum Gasteiger partial charge on any atom is 0.410 e. The van der Waals surface area contributed by atoms with E-state index in [0.29, 0.717) is 26.1 Å². The minimum absolute atomic E-state index is 0.0740. The van der Waals surface area contributed by atoms with Crippen LogP contribution in [0.1, 0.15) is 17.5 Å². The Labute approximate surface area is 182 Å². The van der Waals surface area contributed by atoms with E-state index in [1.165, 1.54) is 0 Å². The van der Waals surface area contributed by atoms with Crippen LogP contribution >= 0.6 is 15.9 Å². The molecule has 1 saturated heterocycles. The highest BCUT2D eigenvalue weighted by Crippen LogP contribution is 2.50. The van der Waals surface area contributed by atoms with Gasteiger partial charge in [0.1, 0.15) is 30.6 Å². The molecule has 30 heavy (non-hydrogen) atoms. The number of piperidine rings is 1. The summed E-state index contributed by atoms with van der Waals surface area (Å²) in [5, 5.41) is 0. The van der Waals surface area contributed by atoms with Gasteiger partial charge in [-0.1, -0.05) is 46.3 Å². The molecular weight excluding hydrogens is 450 g/mol. The van der Waals surface area contributed by atoms with Crippen molar-refractivity contribution >= 4 is 28.0 Å². The maximum atomic E-state index is 12.8. The molecule has 1 spiro atoms. The van der Waals surface area contributed by atoms with Crippen molar-refractivity contribution < 1.29 is 19.0 Å². The molecule has 0 radical (unpaired) electrons. The van der Waals surface area contributed by atoms with Gasteiger partial charge in [0.25, 0.3) is 6.02 Å². The molecule has 8 heteroatoms. The first-order valence-corrected chi connectivity index (χ1v) is 10.7. The largest absolute Gasteiger partial charge is 0.490 e. The molecule has 2 N–H and O–H groups in total. The van der Waals surface area contributed by atoms with E-state index in [2.05, 4.69) is 15.9 Å². The van der Waals surface area contributed by atoms with E-state index >= 15 is 0 Å². The molecule has 7 nitrogen and oxygen atoms in total. The molecule has 0 saturated carbocycles. The number of nitrogens with zero attached hydrogens (tertiary/aromatic N) is 2. The van der Waals surface area contributed by atoms with Crippen LogP contribution in [-0.2, 0) is 21.6 Å². The Kier molecular flexibility index (Phi) is 4.81. The molecule has 3 heterocycles. The molecule has 5 rings (SSSR count). The fourth-order valence-electron chi connectivity index (χ4n) is 4.59. The van der Waals surface area contributed by atoms with E-state index < -0.39 is 5.54 Å². The molecule has 0 bridgehead atoms. The lowest BCUT2D eigenvalue weighted by atomic mass is 9.71. The summed E-state index contributed by atoms with van der Waals surface area (Å²) in [6.45, 7) is 1.61. The Hall–Kier alpha value is -2.74. The summed E-state index contributed by atoms with van der Waals surface area (Å²) < 4.78 is 18.4. The molecule has 2 aromatic rings. The molecule has 0 aromatic heterocycles. The topological polar surface area (TPSA) is 86.4 Å². The Morgan fingerprint density at radius 3 is 2.90 bits per heavy atom. The summed E-state index contributed by atoms with van der Waals surface area (Å²) >= 11 is 3.54. The number of rotatable bonds is 2. The second-order valence-electron chi connectivity index (χ2n) is 7.84. The number of hydrogen-bond acceptors (Lipinski definition) is 6. The van der Waals surface area contributed by atoms with Gasteiger partial charge < -0.3 is 24.8 Å². The molecule has 3 aliphatic rings. The number of benzene rings is 2. The van der Waals surface area contributed by atoms with Crippen molar-refractivity contribution in [3.05, 3.63) is 64.1 Å². The summed E-state index contributed by atoms with van der Waals surface area (Å²) in [5.41, 5.74) is 7.14. The monoisotopic (exact) mass is 471 g/mol. The lowest BCUT2D eigenvalue weighted by Gasteiger charge is -2.48. The quantitative estimate of drug-likeness (QED) is 0.724. The minimum Gasteiger partial charge on any atom is -0.490 e. The van der Waals surface area contributed by atoms with E-state index in [9.17, 15) is 4.79 Å². The van der Waals surface area contributed by atoms with Gasteiger partial charge in [-0.2, -0.15) is 0 Å². The normalized spacial score (nSPS) is 26.8. The maximum absolute atomic E-state index is 12.8. The van der Waals surface area contributed by atoms with Crippen molar-refractivity contribution in [1.29, 1.82) is 0 Å². The van der Waals surface area contributed by atoms with Crippen LogP contribution in [0, 0.1) is 5.92 Å². The first kappa shape index (κ1) is 19.2. The average molecular weight is 472 g/mol. The van der Waals surface area contributed by atoms with Gasteiger partial charge in [0.05, 0.1) is 0 Å². The molecule has 3 unspecified atom stereocenters. The zero-order chi connectivity index (χ0) is 20.7. The number of aliphatic imine (C=N–C) groups is 1. The lowest BCUT2D eigenvalue weighted by Crippen LogP contribution is -2.58. The smallest absolute Gasteiger partial charge is 0.410 e. The van der Waals surface area contributed by atoms with Gasteiger partial charge in [0.15, 0.2) is 0 Å². The van der Waals surface area contributed by atoms with Gasteiger partial charge in [-0.3, -0.25) is 0 Å². The van der Waals surface area contributed by atoms with Crippen LogP contribution in [0.2, 0.25) is 0 Å². The van der Waals surface area contributed by atoms with Crippen molar-refractivity contribution in [2.45, 2.75) is 24.7 Å². The first-order valence-electron chi connectivity index (χ1n) is 9.95. The number of halogens is 1. The Balaban J connectivity index is 1.39. The third-order valence-corrected chi connectivity index (χ3v) is 6.56. The molecule has 3 aliphatic heterocycles. The highest BCUT2D eigenvalue weighted by Gasteiger charge is 2.56. The SMILES string of the molecule is NC1=NC2(CO1)c1cc(Br)ccc1OC1CCN(C(=O)OCc3ccccc3)CC12. The van der Waals surface area contributed by atoms with Crippen molar-refractivity contribution in [2.24, 2.45) is 16.6 Å². The first-order chi connectivity index (χ1) is 14.5. The Bertz CT molecular complexity index is 999. The zero-order valence-corrected chi connectivity index (χ0v) is 17.9. The Morgan fingerprint density at radius 1 is 1.30 bits per heavy atom. The van der Waals surface area contributed by atoms with Crippen LogP contribution in [0.4, 0.5) is 4.79 Å². The third kappa shape index (κ3) is 3.29. The minimum atomic E-state index is -0.676. The van der Waals surface area contributed by atoms with Crippen LogP contribution in [0.5, 0.6) is 5.75 Å². The molecule has 1 fully saturated rings. The predicted octanol–water partition coefficient (Wildman–Crippen LogP) is 3.41. The number of likely N-dealkylation sites (tertiary alicyclic amines) is 1. The second-order valence-corrected chi connectivity index (χ2v) is 8.76. The second kappa shape index (κ2) is 7.50. The highest BCUT2D eigenvalue weighted by atomic mass is 79.9. The number of ether oxygens (including phenoxy) is 3. The van der Waals surface area contributed by atoms with Crippen LogP contribution in [0.3, 0.4) is 0 Å². The predicted molar refractivity (Wildman–Crippen MR) is 114 cm³/mol. The highest BCUT2D eigenvalue weighted by molar-refractivity contribution is 9.10. The number of nitrogens with two attached hydrogens (primary N) is 1. The number of hydrogen-bond donors (Lipinski definition) is 1. The lowest BCUT2D eigenvalue weighted by molar-refractivity contribution is -0.0234. The standard InChI is InChI=1S/C22H22BrN3O4/c23-15-6-7-18-16(10-15)22(13-29-20(24)25-22)17-11-26(9-8-19(17)30-18)21(27)28-12-14-4-2-1-3-5-14/h1-7,10,17,19H,8-9,11-13H2,(H2,24,25). The van der Waals surface area contributed by atoms with Crippen LogP contribution in [-0.4, -0.2) is 42.8 Å². The fraction of sp³-hybridized carbons (Fsp3) is 0.364. The Morgan fingerprint density at radius 2 is 2.13 bits per heavy atom. The fourth-order valence-corrected chi connectivity index (χ4v) is 4.95. The molecule has 2 aromatic carbocycles. The average Bonchev–Trinajstić information content (AvgIpc) is 3.16. The molecule has 156 valence electrons. The van der Waals surface area contributed by atoms with Crippen LogP contribution in [0.15, 0.2) is 58.0 Å². The summed E-state index contributed by atoms with van der Waals surface area (Å²) in [6.07, 6.45) is 0.288. The van der Waals surface area contributed by atoms with E-state index in [4.69, 9.17) is 24.9 Å². The molecule has 0 aliphatic carbocycles. The summed E-state index contributed by atoms with van der Waals surface area (Å²) in [5.74, 6) is 0.708. The summed E-state index contributed by atoms with van der Waals surface area (Å²) in [4.78, 5) is 19.2. The van der Waals surface area contributed by atoms with Crippen LogP contribution < -0.4 is 10.5 Å². The van der Waals surface area contributed by atoms with Crippen molar-refractivity contribution in [2.75, 3.05) is 19.7 Å². The van der Waals surface area contributed by atoms with E-state index in [1.807, 2.05) is 48.5 Å². The zero-order valence-electron chi connectivity index (χ0n) is 16.3. The third-order valence-electron chi connectivity index (χ3n) is 6.06. The summed E-state index contributed by atoms with van der Waals surface area (Å²) in [7, 11) is 0. The number of amides is 1. The summed E-state index contributed by atoms with van der Waals surface area (Å²) in [6, 6.07) is 15.7. The van der Waals surface area contributed by atoms with Gasteiger partial charge in [0, 0.05) is 35.5 Å².